The van der Waals surface area contributed by atoms with Crippen LogP contribution in [-0.4, -0.2) is 47.7 Å². The van der Waals surface area contributed by atoms with Gasteiger partial charge in [-0.1, -0.05) is 30.3 Å². The fourth-order valence-electron chi connectivity index (χ4n) is 3.70. The normalized spacial score (nSPS) is 11.5. The summed E-state index contributed by atoms with van der Waals surface area (Å²) in [4.78, 5) is 34.6. The summed E-state index contributed by atoms with van der Waals surface area (Å²) in [7, 11) is 1.63. The lowest BCUT2D eigenvalue weighted by Gasteiger charge is -2.21. The van der Waals surface area contributed by atoms with Crippen LogP contribution in [0.25, 0.3) is 21.9 Å². The topological polar surface area (TPSA) is 97.7 Å². The summed E-state index contributed by atoms with van der Waals surface area (Å²) in [6.45, 7) is 3.81. The Bertz CT molecular complexity index is 1290. The van der Waals surface area contributed by atoms with Gasteiger partial charge in [0.05, 0.1) is 30.7 Å². The lowest BCUT2D eigenvalue weighted by molar-refractivity contribution is 0.0488. The predicted molar refractivity (Wildman–Crippen MR) is 121 cm³/mol. The molecule has 4 rings (SSSR count). The second-order valence-corrected chi connectivity index (χ2v) is 7.36. The van der Waals surface area contributed by atoms with Crippen molar-refractivity contribution in [2.75, 3.05) is 26.9 Å². The summed E-state index contributed by atoms with van der Waals surface area (Å²) < 4.78 is 16.3. The molecule has 0 saturated carbocycles. The maximum absolute atomic E-state index is 12.6. The van der Waals surface area contributed by atoms with Gasteiger partial charge in [0.25, 0.3) is 5.56 Å². The highest BCUT2D eigenvalue weighted by Crippen LogP contribution is 2.28. The number of aromatic nitrogens is 2. The fourth-order valence-corrected chi connectivity index (χ4v) is 3.70. The fraction of sp³-hybridized carbons (Fsp3) is 0.292. The minimum atomic E-state index is -0.498. The summed E-state index contributed by atoms with van der Waals surface area (Å²) in [5, 5.41) is 1.39. The van der Waals surface area contributed by atoms with Gasteiger partial charge in [0, 0.05) is 31.1 Å². The van der Waals surface area contributed by atoms with Gasteiger partial charge in [-0.2, -0.15) is 0 Å². The first-order chi connectivity index (χ1) is 15.6. The first-order valence-corrected chi connectivity index (χ1v) is 10.5. The molecule has 0 aliphatic heterocycles. The van der Waals surface area contributed by atoms with Crippen molar-refractivity contribution in [2.45, 2.75) is 20.0 Å². The molecule has 2 aromatic carbocycles. The van der Waals surface area contributed by atoms with E-state index in [1.807, 2.05) is 42.5 Å². The van der Waals surface area contributed by atoms with Crippen molar-refractivity contribution < 1.29 is 18.7 Å². The highest BCUT2D eigenvalue weighted by Gasteiger charge is 2.24. The molecule has 0 atom stereocenters. The first-order valence-electron chi connectivity index (χ1n) is 10.5. The maximum Gasteiger partial charge on any atom is 0.374 e. The average Bonchev–Trinajstić information content (AvgIpc) is 3.16. The molecule has 0 saturated heterocycles. The van der Waals surface area contributed by atoms with Crippen molar-refractivity contribution in [2.24, 2.45) is 0 Å². The summed E-state index contributed by atoms with van der Waals surface area (Å²) >= 11 is 0. The van der Waals surface area contributed by atoms with Gasteiger partial charge >= 0.3 is 5.97 Å². The number of H-pyrrole nitrogens is 1. The molecule has 2 heterocycles. The number of aromatic amines is 1. The smallest absolute Gasteiger partial charge is 0.374 e. The molecule has 1 N–H and O–H groups in total. The Morgan fingerprint density at radius 3 is 2.62 bits per heavy atom. The molecule has 2 aromatic heterocycles. The maximum atomic E-state index is 12.6. The number of para-hydroxylation sites is 2. The van der Waals surface area contributed by atoms with E-state index in [4.69, 9.17) is 13.9 Å². The van der Waals surface area contributed by atoms with Crippen LogP contribution in [0, 0.1) is 0 Å². The average molecular weight is 435 g/mol. The van der Waals surface area contributed by atoms with E-state index < -0.39 is 5.97 Å². The van der Waals surface area contributed by atoms with Gasteiger partial charge < -0.3 is 18.9 Å². The van der Waals surface area contributed by atoms with E-state index in [1.54, 1.807) is 20.1 Å². The summed E-state index contributed by atoms with van der Waals surface area (Å²) in [6.07, 6.45) is 0. The van der Waals surface area contributed by atoms with E-state index >= 15 is 0 Å². The van der Waals surface area contributed by atoms with Crippen LogP contribution in [-0.2, 0) is 22.6 Å². The number of nitrogens with one attached hydrogen (secondary N) is 1. The summed E-state index contributed by atoms with van der Waals surface area (Å²) in [6, 6.07) is 14.7. The molecule has 8 nitrogen and oxygen atoms in total. The number of carbonyl (C=O) groups is 1. The number of rotatable bonds is 9. The number of furan rings is 1. The lowest BCUT2D eigenvalue weighted by atomic mass is 10.1. The Kier molecular flexibility index (Phi) is 6.63. The third-order valence-corrected chi connectivity index (χ3v) is 5.19. The van der Waals surface area contributed by atoms with Gasteiger partial charge in [-0.25, -0.2) is 9.78 Å². The summed E-state index contributed by atoms with van der Waals surface area (Å²) in [5.41, 5.74) is 1.81. The van der Waals surface area contributed by atoms with Crippen LogP contribution in [0.5, 0.6) is 0 Å². The number of carbonyl (C=O) groups excluding carboxylic acids is 1. The molecular weight excluding hydrogens is 410 g/mol. The van der Waals surface area contributed by atoms with Gasteiger partial charge in [0.15, 0.2) is 0 Å². The van der Waals surface area contributed by atoms with E-state index in [9.17, 15) is 9.59 Å². The third kappa shape index (κ3) is 4.56. The van der Waals surface area contributed by atoms with Crippen LogP contribution in [0.15, 0.2) is 57.7 Å². The largest absolute Gasteiger partial charge is 0.460 e. The van der Waals surface area contributed by atoms with Gasteiger partial charge in [0.2, 0.25) is 5.76 Å². The molecule has 0 amide bonds. The first kappa shape index (κ1) is 21.7. The monoisotopic (exact) mass is 435 g/mol. The third-order valence-electron chi connectivity index (χ3n) is 5.19. The van der Waals surface area contributed by atoms with Crippen molar-refractivity contribution >= 4 is 27.8 Å². The van der Waals surface area contributed by atoms with Crippen molar-refractivity contribution in [3.63, 3.8) is 0 Å². The summed E-state index contributed by atoms with van der Waals surface area (Å²) in [5.74, 6) is 0.230. The van der Waals surface area contributed by atoms with Crippen molar-refractivity contribution in [3.8, 4) is 0 Å². The highest BCUT2D eigenvalue weighted by molar-refractivity contribution is 5.96. The number of hydrogen-bond acceptors (Lipinski definition) is 7. The molecule has 0 aliphatic carbocycles. The molecule has 166 valence electrons. The van der Waals surface area contributed by atoms with Gasteiger partial charge in [-0.3, -0.25) is 9.69 Å². The zero-order valence-electron chi connectivity index (χ0n) is 18.1. The van der Waals surface area contributed by atoms with Gasteiger partial charge in [-0.05, 0) is 25.1 Å². The SMILES string of the molecule is CCOC(=O)c1oc2ccccc2c1CN(CCOC)Cc1nc2ccccc2c(=O)[nH]1. The van der Waals surface area contributed by atoms with E-state index in [1.165, 1.54) is 0 Å². The van der Waals surface area contributed by atoms with Crippen LogP contribution in [0.3, 0.4) is 0 Å². The number of benzene rings is 2. The quantitative estimate of drug-likeness (QED) is 0.402. The number of methoxy groups -OCH3 is 1. The Hall–Kier alpha value is -3.49. The minimum Gasteiger partial charge on any atom is -0.460 e. The molecule has 0 unspecified atom stereocenters. The Labute approximate surface area is 184 Å². The van der Waals surface area contributed by atoms with E-state index in [0.717, 1.165) is 10.9 Å². The van der Waals surface area contributed by atoms with E-state index in [2.05, 4.69) is 14.9 Å². The lowest BCUT2D eigenvalue weighted by Crippen LogP contribution is -2.29. The molecule has 0 radical (unpaired) electrons. The molecule has 32 heavy (non-hydrogen) atoms. The number of hydrogen-bond donors (Lipinski definition) is 1. The van der Waals surface area contributed by atoms with Gasteiger partial charge in [0.1, 0.15) is 11.4 Å². The van der Waals surface area contributed by atoms with Gasteiger partial charge in [-0.15, -0.1) is 0 Å². The predicted octanol–water partition coefficient (Wildman–Crippen LogP) is 3.49. The second kappa shape index (κ2) is 9.76. The Balaban J connectivity index is 1.69. The standard InChI is InChI=1S/C24H25N3O5/c1-3-31-24(29)22-18(16-8-5-7-11-20(16)32-22)14-27(12-13-30-2)15-21-25-19-10-6-4-9-17(19)23(28)26-21/h4-11H,3,12-15H2,1-2H3,(H,25,26,28). The molecule has 0 bridgehead atoms. The zero-order valence-corrected chi connectivity index (χ0v) is 18.1. The molecule has 0 fully saturated rings. The number of nitrogens with zero attached hydrogens (tertiary/aromatic N) is 2. The number of ether oxygens (including phenoxy) is 2. The number of esters is 1. The Morgan fingerprint density at radius 1 is 1.09 bits per heavy atom. The molecule has 8 heteroatoms. The molecular formula is C24H25N3O5. The van der Waals surface area contributed by atoms with E-state index in [-0.39, 0.29) is 17.9 Å². The zero-order chi connectivity index (χ0) is 22.5. The van der Waals surface area contributed by atoms with Crippen molar-refractivity contribution in [1.82, 2.24) is 14.9 Å². The number of fused-ring (bicyclic) bond motifs is 2. The van der Waals surface area contributed by atoms with Crippen molar-refractivity contribution in [1.29, 1.82) is 0 Å². The Morgan fingerprint density at radius 2 is 1.84 bits per heavy atom. The molecule has 0 aliphatic rings. The van der Waals surface area contributed by atoms with Crippen LogP contribution >= 0.6 is 0 Å². The van der Waals surface area contributed by atoms with Crippen LogP contribution < -0.4 is 5.56 Å². The van der Waals surface area contributed by atoms with E-state index in [0.29, 0.717) is 48.6 Å². The van der Waals surface area contributed by atoms with Crippen LogP contribution in [0.4, 0.5) is 0 Å². The second-order valence-electron chi connectivity index (χ2n) is 7.36. The highest BCUT2D eigenvalue weighted by atomic mass is 16.5. The van der Waals surface area contributed by atoms with Crippen molar-refractivity contribution in [3.05, 3.63) is 76.0 Å². The van der Waals surface area contributed by atoms with Crippen LogP contribution in [0.1, 0.15) is 28.9 Å². The van der Waals surface area contributed by atoms with Crippen LogP contribution in [0.2, 0.25) is 0 Å². The minimum absolute atomic E-state index is 0.182. The molecule has 0 spiro atoms. The molecule has 4 aromatic rings.